The second kappa shape index (κ2) is 10.6. The zero-order valence-electron chi connectivity index (χ0n) is 15.6. The first-order valence-electron chi connectivity index (χ1n) is 9.31. The summed E-state index contributed by atoms with van der Waals surface area (Å²) in [6.07, 6.45) is -1.10. The number of aliphatic hydroxyl groups excluding tert-OH is 4. The highest BCUT2D eigenvalue weighted by molar-refractivity contribution is 7.99. The third kappa shape index (κ3) is 5.70. The topological polar surface area (TPSA) is 131 Å². The number of ether oxygens (including phenoxy) is 1. The first-order chi connectivity index (χ1) is 12.8. The number of carbonyl (C=O) groups is 1. The molecule has 27 heavy (non-hydrogen) atoms. The van der Waals surface area contributed by atoms with Gasteiger partial charge in [-0.25, -0.2) is 0 Å². The Balaban J connectivity index is 2.07. The van der Waals surface area contributed by atoms with Gasteiger partial charge < -0.3 is 35.8 Å². The number of alkyl halides is 1. The second-order valence-corrected chi connectivity index (χ2v) is 8.93. The molecule has 10 heteroatoms. The molecule has 0 bridgehead atoms. The van der Waals surface area contributed by atoms with Crippen molar-refractivity contribution in [2.45, 2.75) is 73.5 Å². The fourth-order valence-corrected chi connectivity index (χ4v) is 4.49. The van der Waals surface area contributed by atoms with Crippen molar-refractivity contribution < 1.29 is 30.0 Å². The number of nitrogens with one attached hydrogen (secondary N) is 2. The van der Waals surface area contributed by atoms with Crippen molar-refractivity contribution in [3.05, 3.63) is 0 Å². The zero-order chi connectivity index (χ0) is 20.1. The summed E-state index contributed by atoms with van der Waals surface area (Å²) < 4.78 is 5.75. The molecule has 2 saturated heterocycles. The van der Waals surface area contributed by atoms with Crippen molar-refractivity contribution >= 4 is 29.3 Å². The van der Waals surface area contributed by atoms with Gasteiger partial charge in [0.05, 0.1) is 17.5 Å². The van der Waals surface area contributed by atoms with E-state index in [1.54, 1.807) is 13.2 Å². The summed E-state index contributed by atoms with van der Waals surface area (Å²) in [6.45, 7) is 2.42. The van der Waals surface area contributed by atoms with E-state index in [1.165, 1.54) is 11.8 Å². The van der Waals surface area contributed by atoms with E-state index >= 15 is 0 Å². The summed E-state index contributed by atoms with van der Waals surface area (Å²) in [7, 11) is 0. The van der Waals surface area contributed by atoms with Crippen LogP contribution in [0.5, 0.6) is 0 Å². The van der Waals surface area contributed by atoms with Crippen LogP contribution in [0.3, 0.4) is 0 Å². The first kappa shape index (κ1) is 23.2. The normalized spacial score (nSPS) is 40.0. The Labute approximate surface area is 169 Å². The van der Waals surface area contributed by atoms with Crippen molar-refractivity contribution in [3.8, 4) is 0 Å². The molecular formula is C17H31ClN2O6S. The lowest BCUT2D eigenvalue weighted by molar-refractivity contribution is -0.205. The van der Waals surface area contributed by atoms with Crippen LogP contribution >= 0.6 is 23.4 Å². The lowest BCUT2D eigenvalue weighted by Gasteiger charge is -2.44. The SMILES string of the molecule is CSC1OC(C(NC(=O)C2CC[C@@H](CO)CCN2)C(C)Cl)C(O)C(O)C1O. The fourth-order valence-electron chi connectivity index (χ4n) is 3.61. The van der Waals surface area contributed by atoms with E-state index in [-0.39, 0.29) is 18.4 Å². The zero-order valence-corrected chi connectivity index (χ0v) is 17.2. The van der Waals surface area contributed by atoms with Gasteiger partial charge in [-0.1, -0.05) is 0 Å². The Kier molecular flexibility index (Phi) is 9.08. The predicted octanol–water partition coefficient (Wildman–Crippen LogP) is -0.980. The van der Waals surface area contributed by atoms with E-state index in [4.69, 9.17) is 16.3 Å². The summed E-state index contributed by atoms with van der Waals surface area (Å²) in [6, 6.07) is -1.17. The molecule has 2 aliphatic rings. The summed E-state index contributed by atoms with van der Waals surface area (Å²) in [5, 5.41) is 45.3. The number of hydrogen-bond donors (Lipinski definition) is 6. The first-order valence-corrected chi connectivity index (χ1v) is 11.0. The lowest BCUT2D eigenvalue weighted by atomic mass is 9.92. The van der Waals surface area contributed by atoms with Gasteiger partial charge in [0.15, 0.2) is 0 Å². The minimum absolute atomic E-state index is 0.107. The molecule has 0 aromatic rings. The van der Waals surface area contributed by atoms with Gasteiger partial charge in [-0.05, 0) is 44.9 Å². The molecule has 0 saturated carbocycles. The minimum Gasteiger partial charge on any atom is -0.396 e. The monoisotopic (exact) mass is 426 g/mol. The van der Waals surface area contributed by atoms with Gasteiger partial charge in [0.1, 0.15) is 29.9 Å². The maximum Gasteiger partial charge on any atom is 0.237 e. The van der Waals surface area contributed by atoms with Crippen LogP contribution in [0.1, 0.15) is 26.2 Å². The molecule has 0 radical (unpaired) electrons. The molecular weight excluding hydrogens is 396 g/mol. The summed E-state index contributed by atoms with van der Waals surface area (Å²) >= 11 is 7.48. The molecule has 0 aromatic carbocycles. The van der Waals surface area contributed by atoms with E-state index in [2.05, 4.69) is 10.6 Å². The number of hydrogen-bond acceptors (Lipinski definition) is 8. The molecule has 2 rings (SSSR count). The molecule has 2 fully saturated rings. The van der Waals surface area contributed by atoms with Gasteiger partial charge in [-0.15, -0.1) is 23.4 Å². The Morgan fingerprint density at radius 1 is 1.26 bits per heavy atom. The molecule has 1 amide bonds. The minimum atomic E-state index is -1.39. The van der Waals surface area contributed by atoms with Crippen LogP contribution in [0, 0.1) is 5.92 Å². The lowest BCUT2D eigenvalue weighted by Crippen LogP contribution is -2.65. The second-order valence-electron chi connectivity index (χ2n) is 7.31. The van der Waals surface area contributed by atoms with Gasteiger partial charge in [0.2, 0.25) is 5.91 Å². The van der Waals surface area contributed by atoms with Gasteiger partial charge in [0, 0.05) is 6.61 Å². The van der Waals surface area contributed by atoms with Crippen molar-refractivity contribution in [3.63, 3.8) is 0 Å². The van der Waals surface area contributed by atoms with Gasteiger partial charge in [-0.3, -0.25) is 4.79 Å². The molecule has 158 valence electrons. The van der Waals surface area contributed by atoms with Gasteiger partial charge in [0.25, 0.3) is 0 Å². The van der Waals surface area contributed by atoms with E-state index in [1.807, 2.05) is 0 Å². The highest BCUT2D eigenvalue weighted by Crippen LogP contribution is 2.30. The molecule has 2 heterocycles. The average molecular weight is 427 g/mol. The predicted molar refractivity (Wildman–Crippen MR) is 104 cm³/mol. The van der Waals surface area contributed by atoms with Crippen molar-refractivity contribution in [2.24, 2.45) is 5.92 Å². The molecule has 8 nitrogen and oxygen atoms in total. The smallest absolute Gasteiger partial charge is 0.237 e. The number of amides is 1. The van der Waals surface area contributed by atoms with Gasteiger partial charge in [-0.2, -0.15) is 0 Å². The molecule has 2 aliphatic heterocycles. The van der Waals surface area contributed by atoms with Crippen LogP contribution in [0.25, 0.3) is 0 Å². The number of rotatable bonds is 6. The van der Waals surface area contributed by atoms with Gasteiger partial charge >= 0.3 is 0 Å². The third-order valence-electron chi connectivity index (χ3n) is 5.38. The van der Waals surface area contributed by atoms with E-state index < -0.39 is 47.3 Å². The number of aliphatic hydroxyl groups is 4. The Morgan fingerprint density at radius 3 is 2.56 bits per heavy atom. The van der Waals surface area contributed by atoms with Crippen LogP contribution in [0.4, 0.5) is 0 Å². The van der Waals surface area contributed by atoms with E-state index in [0.29, 0.717) is 13.0 Å². The Bertz CT molecular complexity index is 486. The summed E-state index contributed by atoms with van der Waals surface area (Å²) in [4.78, 5) is 12.8. The van der Waals surface area contributed by atoms with Crippen LogP contribution in [0.15, 0.2) is 0 Å². The van der Waals surface area contributed by atoms with E-state index in [9.17, 15) is 25.2 Å². The summed E-state index contributed by atoms with van der Waals surface area (Å²) in [5.41, 5.74) is -0.732. The molecule has 0 aromatic heterocycles. The van der Waals surface area contributed by atoms with Crippen molar-refractivity contribution in [1.29, 1.82) is 0 Å². The Morgan fingerprint density at radius 2 is 1.96 bits per heavy atom. The molecule has 9 atom stereocenters. The molecule has 8 unspecified atom stereocenters. The maximum absolute atomic E-state index is 12.8. The largest absolute Gasteiger partial charge is 0.396 e. The van der Waals surface area contributed by atoms with Crippen molar-refractivity contribution in [2.75, 3.05) is 19.4 Å². The number of halogens is 1. The van der Waals surface area contributed by atoms with Crippen LogP contribution in [-0.4, -0.2) is 93.1 Å². The van der Waals surface area contributed by atoms with Crippen LogP contribution in [-0.2, 0) is 9.53 Å². The number of thioether (sulfide) groups is 1. The molecule has 0 spiro atoms. The van der Waals surface area contributed by atoms with Crippen molar-refractivity contribution in [1.82, 2.24) is 10.6 Å². The third-order valence-corrected chi connectivity index (χ3v) is 6.50. The fraction of sp³-hybridized carbons (Fsp3) is 0.941. The quantitative estimate of drug-likeness (QED) is 0.299. The van der Waals surface area contributed by atoms with Crippen LogP contribution in [0.2, 0.25) is 0 Å². The highest BCUT2D eigenvalue weighted by atomic mass is 35.5. The van der Waals surface area contributed by atoms with Crippen LogP contribution < -0.4 is 10.6 Å². The average Bonchev–Trinajstić information content (AvgIpc) is 2.90. The molecule has 6 N–H and O–H groups in total. The maximum atomic E-state index is 12.8. The highest BCUT2D eigenvalue weighted by Gasteiger charge is 2.48. The Hall–Kier alpha value is -0.130. The standard InChI is InChI=1S/C17H31ClN2O6S/c1-8(18)11(15-13(23)12(22)14(24)17(26-15)27-2)20-16(25)10-4-3-9(7-21)5-6-19-10/h8-15,17,19,21-24H,3-7H2,1-2H3,(H,20,25)/t8?,9-,10?,11?,12?,13?,14?,15?,17?/m1/s1. The van der Waals surface area contributed by atoms with E-state index in [0.717, 1.165) is 12.8 Å². The number of carbonyl (C=O) groups excluding carboxylic acids is 1. The summed E-state index contributed by atoms with van der Waals surface area (Å²) in [5.74, 6) is -0.0799. The molecule has 0 aliphatic carbocycles.